The molecule has 0 aliphatic heterocycles. The minimum absolute atomic E-state index is 0.419. The summed E-state index contributed by atoms with van der Waals surface area (Å²) in [5.74, 6) is 0.419. The summed E-state index contributed by atoms with van der Waals surface area (Å²) < 4.78 is 0. The average Bonchev–Trinajstić information content (AvgIpc) is 3.10. The maximum absolute atomic E-state index is 5.05. The summed E-state index contributed by atoms with van der Waals surface area (Å²) in [6.45, 7) is 6.80. The number of rotatable bonds is 8. The van der Waals surface area contributed by atoms with Gasteiger partial charge in [-0.05, 0) is 94.7 Å². The zero-order valence-corrected chi connectivity index (χ0v) is 27.0. The lowest BCUT2D eigenvalue weighted by atomic mass is 9.90. The van der Waals surface area contributed by atoms with Gasteiger partial charge in [-0.3, -0.25) is 0 Å². The molecule has 45 heavy (non-hydrogen) atoms. The summed E-state index contributed by atoms with van der Waals surface area (Å²) in [6.07, 6.45) is 1.92. The molecule has 0 unspecified atom stereocenters. The van der Waals surface area contributed by atoms with Crippen LogP contribution < -0.4 is 15.9 Å². The van der Waals surface area contributed by atoms with Gasteiger partial charge < -0.3 is 0 Å². The van der Waals surface area contributed by atoms with Crippen LogP contribution in [0.25, 0.3) is 32.8 Å². The Bertz CT molecular complexity index is 2060. The van der Waals surface area contributed by atoms with Crippen LogP contribution in [0.3, 0.4) is 0 Å². The standard InChI is InChI=1S/C42H37N2P/c1-29(36-24-14-17-32-15-10-12-22-37(32)36)25-27-39-30(2)31(3)42(44-43-39)41-38-23-13-11-16-33(38)26-28-40(41)45(34-18-6-4-7-19-34)35-20-8-5-9-21-35/h4-24,26,28-29H,25,27H2,1-3H3/t29-/m0/s1. The number of aryl methyl sites for hydroxylation is 1. The molecule has 1 atom stereocenters. The van der Waals surface area contributed by atoms with E-state index in [1.165, 1.54) is 59.7 Å². The van der Waals surface area contributed by atoms with Crippen molar-refractivity contribution >= 4 is 45.4 Å². The number of hydrogen-bond donors (Lipinski definition) is 0. The lowest BCUT2D eigenvalue weighted by Gasteiger charge is -2.24. The molecule has 0 bridgehead atoms. The van der Waals surface area contributed by atoms with Crippen molar-refractivity contribution in [2.45, 2.75) is 39.5 Å². The summed E-state index contributed by atoms with van der Waals surface area (Å²) in [5, 5.41) is 19.1. The summed E-state index contributed by atoms with van der Waals surface area (Å²) in [6, 6.07) is 50.5. The topological polar surface area (TPSA) is 25.8 Å². The van der Waals surface area contributed by atoms with Gasteiger partial charge in [0.25, 0.3) is 0 Å². The minimum atomic E-state index is -0.817. The Labute approximate surface area is 267 Å². The Morgan fingerprint density at radius 2 is 1.13 bits per heavy atom. The van der Waals surface area contributed by atoms with E-state index in [-0.39, 0.29) is 0 Å². The Morgan fingerprint density at radius 1 is 0.556 bits per heavy atom. The molecule has 0 aliphatic rings. The summed E-state index contributed by atoms with van der Waals surface area (Å²) in [5.41, 5.74) is 7.15. The van der Waals surface area contributed by atoms with Gasteiger partial charge in [0.15, 0.2) is 0 Å². The molecule has 3 heteroatoms. The van der Waals surface area contributed by atoms with Gasteiger partial charge in [-0.15, -0.1) is 5.10 Å². The van der Waals surface area contributed by atoms with E-state index in [2.05, 4.69) is 160 Å². The molecule has 0 amide bonds. The predicted molar refractivity (Wildman–Crippen MR) is 194 cm³/mol. The van der Waals surface area contributed by atoms with Crippen molar-refractivity contribution in [1.29, 1.82) is 0 Å². The lowest BCUT2D eigenvalue weighted by molar-refractivity contribution is 0.665. The molecule has 7 aromatic rings. The highest BCUT2D eigenvalue weighted by Gasteiger charge is 2.25. The minimum Gasteiger partial charge on any atom is -0.155 e. The van der Waals surface area contributed by atoms with E-state index in [1.807, 2.05) is 0 Å². The molecule has 0 saturated heterocycles. The monoisotopic (exact) mass is 600 g/mol. The third-order valence-corrected chi connectivity index (χ3v) is 11.7. The van der Waals surface area contributed by atoms with E-state index >= 15 is 0 Å². The molecule has 0 spiro atoms. The Morgan fingerprint density at radius 3 is 1.82 bits per heavy atom. The highest BCUT2D eigenvalue weighted by Crippen LogP contribution is 2.41. The van der Waals surface area contributed by atoms with E-state index in [9.17, 15) is 0 Å². The number of hydrogen-bond acceptors (Lipinski definition) is 2. The van der Waals surface area contributed by atoms with Crippen LogP contribution in [0.2, 0.25) is 0 Å². The quantitative estimate of drug-likeness (QED) is 0.162. The Balaban J connectivity index is 1.31. The number of benzene rings is 6. The summed E-state index contributed by atoms with van der Waals surface area (Å²) in [7, 11) is -0.817. The van der Waals surface area contributed by atoms with Crippen molar-refractivity contribution in [3.63, 3.8) is 0 Å². The van der Waals surface area contributed by atoms with Crippen LogP contribution >= 0.6 is 7.92 Å². The van der Waals surface area contributed by atoms with Crippen LogP contribution in [-0.4, -0.2) is 10.2 Å². The smallest absolute Gasteiger partial charge is 0.0974 e. The zero-order chi connectivity index (χ0) is 30.8. The molecule has 6 aromatic carbocycles. The second-order valence-corrected chi connectivity index (χ2v) is 14.1. The molecule has 0 N–H and O–H groups in total. The SMILES string of the molecule is Cc1c(CC[C@H](C)c2cccc3ccccc23)nnc(-c2c(P(c3ccccc3)c3ccccc3)ccc3ccccc23)c1C. The third kappa shape index (κ3) is 5.68. The second kappa shape index (κ2) is 12.8. The fraction of sp³-hybridized carbons (Fsp3) is 0.143. The maximum Gasteiger partial charge on any atom is 0.0974 e. The van der Waals surface area contributed by atoms with Crippen molar-refractivity contribution < 1.29 is 0 Å². The molecule has 0 saturated carbocycles. The fourth-order valence-corrected chi connectivity index (χ4v) is 9.06. The van der Waals surface area contributed by atoms with E-state index in [0.29, 0.717) is 5.92 Å². The molecule has 2 nitrogen and oxygen atoms in total. The zero-order valence-electron chi connectivity index (χ0n) is 26.1. The van der Waals surface area contributed by atoms with Gasteiger partial charge in [0, 0.05) is 5.56 Å². The summed E-state index contributed by atoms with van der Waals surface area (Å²) >= 11 is 0. The fourth-order valence-electron chi connectivity index (χ4n) is 6.59. The van der Waals surface area contributed by atoms with Gasteiger partial charge in [0.1, 0.15) is 0 Å². The second-order valence-electron chi connectivity index (χ2n) is 11.9. The van der Waals surface area contributed by atoms with Crippen molar-refractivity contribution in [3.05, 3.63) is 162 Å². The number of fused-ring (bicyclic) bond motifs is 2. The molecule has 1 aromatic heterocycles. The maximum atomic E-state index is 5.05. The van der Waals surface area contributed by atoms with E-state index in [4.69, 9.17) is 10.2 Å². The van der Waals surface area contributed by atoms with Crippen LogP contribution in [0.5, 0.6) is 0 Å². The van der Waals surface area contributed by atoms with Crippen molar-refractivity contribution in [2.75, 3.05) is 0 Å². The van der Waals surface area contributed by atoms with Gasteiger partial charge in [-0.25, -0.2) is 0 Å². The van der Waals surface area contributed by atoms with Crippen LogP contribution in [-0.2, 0) is 6.42 Å². The normalized spacial score (nSPS) is 12.2. The van der Waals surface area contributed by atoms with Crippen molar-refractivity contribution in [2.24, 2.45) is 0 Å². The van der Waals surface area contributed by atoms with Crippen molar-refractivity contribution in [3.8, 4) is 11.3 Å². The average molecular weight is 601 g/mol. The van der Waals surface area contributed by atoms with Crippen LogP contribution in [0.1, 0.15) is 41.6 Å². The van der Waals surface area contributed by atoms with Crippen LogP contribution in [0.4, 0.5) is 0 Å². The van der Waals surface area contributed by atoms with Gasteiger partial charge in [0.05, 0.1) is 11.4 Å². The summed E-state index contributed by atoms with van der Waals surface area (Å²) in [4.78, 5) is 0. The molecular formula is C42H37N2P. The predicted octanol–water partition coefficient (Wildman–Crippen LogP) is 9.56. The molecule has 0 fully saturated rings. The van der Waals surface area contributed by atoms with Crippen LogP contribution in [0, 0.1) is 13.8 Å². The first-order chi connectivity index (χ1) is 22.1. The van der Waals surface area contributed by atoms with Gasteiger partial charge in [0.2, 0.25) is 0 Å². The van der Waals surface area contributed by atoms with E-state index in [1.54, 1.807) is 0 Å². The van der Waals surface area contributed by atoms with E-state index in [0.717, 1.165) is 24.2 Å². The van der Waals surface area contributed by atoms with Crippen LogP contribution in [0.15, 0.2) is 140 Å². The Kier molecular flexibility index (Phi) is 8.25. The highest BCUT2D eigenvalue weighted by molar-refractivity contribution is 7.80. The molecule has 220 valence electrons. The molecule has 7 rings (SSSR count). The first kappa shape index (κ1) is 29.1. The largest absolute Gasteiger partial charge is 0.155 e. The molecule has 1 heterocycles. The number of nitrogens with zero attached hydrogens (tertiary/aromatic N) is 2. The first-order valence-electron chi connectivity index (χ1n) is 15.8. The van der Waals surface area contributed by atoms with Crippen molar-refractivity contribution in [1.82, 2.24) is 10.2 Å². The van der Waals surface area contributed by atoms with E-state index < -0.39 is 7.92 Å². The third-order valence-electron chi connectivity index (χ3n) is 9.20. The number of aromatic nitrogens is 2. The molecule has 0 radical (unpaired) electrons. The lowest BCUT2D eigenvalue weighted by Crippen LogP contribution is -2.23. The van der Waals surface area contributed by atoms with Gasteiger partial charge >= 0.3 is 0 Å². The molecular weight excluding hydrogens is 563 g/mol. The molecule has 0 aliphatic carbocycles. The highest BCUT2D eigenvalue weighted by atomic mass is 31.1. The first-order valence-corrected chi connectivity index (χ1v) is 17.2. The van der Waals surface area contributed by atoms with Gasteiger partial charge in [-0.1, -0.05) is 146 Å². The Hall–Kier alpha value is -4.65. The van der Waals surface area contributed by atoms with Gasteiger partial charge in [-0.2, -0.15) is 5.10 Å².